The largest absolute Gasteiger partial charge is 0.381 e. The molecule has 2 aromatic rings. The number of thiophene rings is 1. The van der Waals surface area contributed by atoms with Gasteiger partial charge in [0.25, 0.3) is 0 Å². The fourth-order valence-corrected chi connectivity index (χ4v) is 2.36. The number of benzene rings is 1. The molecule has 0 fully saturated rings. The van der Waals surface area contributed by atoms with E-state index in [1.807, 2.05) is 0 Å². The average molecular weight is 246 g/mol. The molecule has 0 saturated heterocycles. The molecule has 0 radical (unpaired) electrons. The van der Waals surface area contributed by atoms with Crippen LogP contribution in [0.1, 0.15) is 11.1 Å². The molecule has 0 bridgehead atoms. The van der Waals surface area contributed by atoms with Gasteiger partial charge < -0.3 is 10.2 Å². The van der Waals surface area contributed by atoms with Crippen molar-refractivity contribution in [3.63, 3.8) is 0 Å². The minimum absolute atomic E-state index is 0.899. The van der Waals surface area contributed by atoms with E-state index in [9.17, 15) is 0 Å². The van der Waals surface area contributed by atoms with Crippen molar-refractivity contribution >= 4 is 17.0 Å². The molecule has 0 unspecified atom stereocenters. The van der Waals surface area contributed by atoms with Crippen molar-refractivity contribution in [2.45, 2.75) is 13.1 Å². The molecule has 0 aliphatic heterocycles. The van der Waals surface area contributed by atoms with Crippen molar-refractivity contribution < 1.29 is 0 Å². The summed E-state index contributed by atoms with van der Waals surface area (Å²) in [4.78, 5) is 2.17. The quantitative estimate of drug-likeness (QED) is 0.869. The van der Waals surface area contributed by atoms with Crippen molar-refractivity contribution in [2.75, 3.05) is 19.4 Å². The van der Waals surface area contributed by atoms with Gasteiger partial charge in [-0.1, -0.05) is 12.1 Å². The second kappa shape index (κ2) is 5.84. The lowest BCUT2D eigenvalue weighted by Gasteiger charge is -2.10. The third-order valence-electron chi connectivity index (χ3n) is 2.53. The Morgan fingerprint density at radius 1 is 1.06 bits per heavy atom. The normalized spacial score (nSPS) is 10.8. The fourth-order valence-electron chi connectivity index (χ4n) is 1.69. The number of nitrogens with one attached hydrogen (secondary N) is 1. The lowest BCUT2D eigenvalue weighted by atomic mass is 10.2. The van der Waals surface area contributed by atoms with Crippen molar-refractivity contribution in [2.24, 2.45) is 0 Å². The molecule has 0 amide bonds. The summed E-state index contributed by atoms with van der Waals surface area (Å²) in [6, 6.07) is 10.8. The van der Waals surface area contributed by atoms with Gasteiger partial charge in [-0.2, -0.15) is 11.3 Å². The highest BCUT2D eigenvalue weighted by molar-refractivity contribution is 7.07. The van der Waals surface area contributed by atoms with E-state index in [2.05, 4.69) is 65.4 Å². The van der Waals surface area contributed by atoms with E-state index in [1.165, 1.54) is 16.8 Å². The molecular weight excluding hydrogens is 228 g/mol. The molecule has 3 heteroatoms. The Labute approximate surface area is 107 Å². The first-order valence-electron chi connectivity index (χ1n) is 5.72. The highest BCUT2D eigenvalue weighted by Crippen LogP contribution is 2.13. The molecule has 1 aromatic carbocycles. The molecule has 1 N–H and O–H groups in total. The van der Waals surface area contributed by atoms with Gasteiger partial charge in [0, 0.05) is 18.8 Å². The predicted molar refractivity (Wildman–Crippen MR) is 75.5 cm³/mol. The molecule has 0 aliphatic carbocycles. The lowest BCUT2D eigenvalue weighted by molar-refractivity contribution is 0.402. The summed E-state index contributed by atoms with van der Waals surface area (Å²) in [6.45, 7) is 1.89. The van der Waals surface area contributed by atoms with Crippen molar-refractivity contribution in [1.29, 1.82) is 0 Å². The maximum atomic E-state index is 3.42. The van der Waals surface area contributed by atoms with Gasteiger partial charge in [0.15, 0.2) is 0 Å². The van der Waals surface area contributed by atoms with Gasteiger partial charge in [0.05, 0.1) is 0 Å². The number of anilines is 1. The maximum absolute atomic E-state index is 3.42. The molecule has 90 valence electrons. The van der Waals surface area contributed by atoms with Crippen LogP contribution in [0.3, 0.4) is 0 Å². The summed E-state index contributed by atoms with van der Waals surface area (Å²) in [5.41, 5.74) is 3.86. The van der Waals surface area contributed by atoms with Crippen LogP contribution in [-0.2, 0) is 13.1 Å². The van der Waals surface area contributed by atoms with E-state index in [0.717, 1.165) is 13.1 Å². The zero-order chi connectivity index (χ0) is 12.1. The van der Waals surface area contributed by atoms with Crippen LogP contribution >= 0.6 is 11.3 Å². The molecule has 1 aromatic heterocycles. The average Bonchev–Trinajstić information content (AvgIpc) is 2.80. The summed E-state index contributed by atoms with van der Waals surface area (Å²) < 4.78 is 0. The van der Waals surface area contributed by atoms with Crippen LogP contribution in [0.25, 0.3) is 0 Å². The lowest BCUT2D eigenvalue weighted by Crippen LogP contribution is -2.10. The second-order valence-electron chi connectivity index (χ2n) is 4.42. The molecule has 2 rings (SSSR count). The van der Waals surface area contributed by atoms with Crippen LogP contribution in [-0.4, -0.2) is 19.0 Å². The number of hydrogen-bond donors (Lipinski definition) is 1. The van der Waals surface area contributed by atoms with E-state index < -0.39 is 0 Å². The smallest absolute Gasteiger partial charge is 0.0409 e. The van der Waals surface area contributed by atoms with Gasteiger partial charge in [-0.15, -0.1) is 0 Å². The van der Waals surface area contributed by atoms with Crippen LogP contribution in [0.4, 0.5) is 5.69 Å². The summed E-state index contributed by atoms with van der Waals surface area (Å²) in [5, 5.41) is 7.70. The van der Waals surface area contributed by atoms with Gasteiger partial charge in [0.1, 0.15) is 0 Å². The van der Waals surface area contributed by atoms with Gasteiger partial charge in [0.2, 0.25) is 0 Å². The van der Waals surface area contributed by atoms with E-state index in [0.29, 0.717) is 0 Å². The number of hydrogen-bond acceptors (Lipinski definition) is 3. The van der Waals surface area contributed by atoms with Crippen molar-refractivity contribution in [3.05, 3.63) is 52.2 Å². The number of rotatable bonds is 5. The van der Waals surface area contributed by atoms with Gasteiger partial charge in [-0.3, -0.25) is 0 Å². The molecule has 0 atom stereocenters. The Hall–Kier alpha value is -1.32. The maximum Gasteiger partial charge on any atom is 0.0409 e. The van der Waals surface area contributed by atoms with Crippen LogP contribution in [0.15, 0.2) is 41.1 Å². The molecule has 17 heavy (non-hydrogen) atoms. The monoisotopic (exact) mass is 246 g/mol. The molecule has 0 spiro atoms. The van der Waals surface area contributed by atoms with Gasteiger partial charge >= 0.3 is 0 Å². The van der Waals surface area contributed by atoms with Crippen LogP contribution in [0.5, 0.6) is 0 Å². The van der Waals surface area contributed by atoms with E-state index in [1.54, 1.807) is 11.3 Å². The minimum Gasteiger partial charge on any atom is -0.381 e. The molecule has 0 aliphatic rings. The SMILES string of the molecule is CN(C)Cc1ccc(NCc2ccsc2)cc1. The zero-order valence-electron chi connectivity index (χ0n) is 10.3. The van der Waals surface area contributed by atoms with E-state index >= 15 is 0 Å². The second-order valence-corrected chi connectivity index (χ2v) is 5.20. The Kier molecular flexibility index (Phi) is 4.18. The first-order chi connectivity index (χ1) is 8.24. The summed E-state index contributed by atoms with van der Waals surface area (Å²) >= 11 is 1.74. The summed E-state index contributed by atoms with van der Waals surface area (Å²) in [7, 11) is 4.17. The van der Waals surface area contributed by atoms with Gasteiger partial charge in [-0.05, 0) is 54.2 Å². The molecule has 0 saturated carbocycles. The highest BCUT2D eigenvalue weighted by atomic mass is 32.1. The van der Waals surface area contributed by atoms with Crippen LogP contribution in [0, 0.1) is 0 Å². The predicted octanol–water partition coefficient (Wildman–Crippen LogP) is 3.42. The Morgan fingerprint density at radius 2 is 1.82 bits per heavy atom. The Morgan fingerprint density at radius 3 is 2.41 bits per heavy atom. The fraction of sp³-hybridized carbons (Fsp3) is 0.286. The highest BCUT2D eigenvalue weighted by Gasteiger charge is 1.97. The molecular formula is C14H18N2S. The summed E-state index contributed by atoms with van der Waals surface area (Å²) in [6.07, 6.45) is 0. The first-order valence-corrected chi connectivity index (χ1v) is 6.67. The number of nitrogens with zero attached hydrogens (tertiary/aromatic N) is 1. The standard InChI is InChI=1S/C14H18N2S/c1-16(2)10-12-3-5-14(6-4-12)15-9-13-7-8-17-11-13/h3-8,11,15H,9-10H2,1-2H3. The third-order valence-corrected chi connectivity index (χ3v) is 3.26. The van der Waals surface area contributed by atoms with E-state index in [-0.39, 0.29) is 0 Å². The van der Waals surface area contributed by atoms with Crippen LogP contribution in [0.2, 0.25) is 0 Å². The topological polar surface area (TPSA) is 15.3 Å². The minimum atomic E-state index is 0.899. The van der Waals surface area contributed by atoms with Crippen molar-refractivity contribution in [1.82, 2.24) is 4.90 Å². The molecule has 1 heterocycles. The first kappa shape index (κ1) is 12.1. The van der Waals surface area contributed by atoms with E-state index in [4.69, 9.17) is 0 Å². The molecule has 2 nitrogen and oxygen atoms in total. The van der Waals surface area contributed by atoms with Gasteiger partial charge in [-0.25, -0.2) is 0 Å². The van der Waals surface area contributed by atoms with Crippen LogP contribution < -0.4 is 5.32 Å². The Bertz CT molecular complexity index is 432. The third kappa shape index (κ3) is 3.88. The summed E-state index contributed by atoms with van der Waals surface area (Å²) in [5.74, 6) is 0. The zero-order valence-corrected chi connectivity index (χ0v) is 11.1. The Balaban J connectivity index is 1.89. The van der Waals surface area contributed by atoms with Crippen molar-refractivity contribution in [3.8, 4) is 0 Å².